The van der Waals surface area contributed by atoms with Crippen LogP contribution in [0.1, 0.15) is 22.5 Å². The molecule has 0 aliphatic heterocycles. The number of aliphatic imine (C=N–C) groups is 1. The van der Waals surface area contributed by atoms with Crippen molar-refractivity contribution >= 4 is 59.2 Å². The summed E-state index contributed by atoms with van der Waals surface area (Å²) in [7, 11) is 1.74. The maximum Gasteiger partial charge on any atom is 0.287 e. The minimum Gasteiger partial charge on any atom is -0.459 e. The molecule has 0 saturated heterocycles. The Labute approximate surface area is 192 Å². The topological polar surface area (TPSA) is 78.7 Å². The number of rotatable bonds is 9. The number of benzene rings is 1. The van der Waals surface area contributed by atoms with Gasteiger partial charge >= 0.3 is 0 Å². The highest BCUT2D eigenvalue weighted by molar-refractivity contribution is 14.0. The highest BCUT2D eigenvalue weighted by Crippen LogP contribution is 2.19. The van der Waals surface area contributed by atoms with Crippen molar-refractivity contribution in [3.63, 3.8) is 0 Å². The van der Waals surface area contributed by atoms with E-state index in [1.54, 1.807) is 24.9 Å². The van der Waals surface area contributed by atoms with Gasteiger partial charge in [0.15, 0.2) is 11.7 Å². The average molecular weight is 537 g/mol. The fourth-order valence-electron chi connectivity index (χ4n) is 2.27. The number of aryl methyl sites for hydroxylation is 1. The summed E-state index contributed by atoms with van der Waals surface area (Å²) < 4.78 is 5.17. The van der Waals surface area contributed by atoms with Crippen molar-refractivity contribution < 1.29 is 9.21 Å². The van der Waals surface area contributed by atoms with Gasteiger partial charge in [-0.15, -0.1) is 35.7 Å². The summed E-state index contributed by atoms with van der Waals surface area (Å²) in [5.74, 6) is 1.86. The zero-order valence-corrected chi connectivity index (χ0v) is 19.9. The minimum absolute atomic E-state index is 0. The lowest BCUT2D eigenvalue weighted by Crippen LogP contribution is -2.39. The molecule has 6 nitrogen and oxygen atoms in total. The number of nitrogens with zero attached hydrogens (tertiary/aromatic N) is 1. The van der Waals surface area contributed by atoms with Gasteiger partial charge in [-0.25, -0.2) is 0 Å². The van der Waals surface area contributed by atoms with Crippen molar-refractivity contribution in [2.24, 2.45) is 4.99 Å². The normalized spacial score (nSPS) is 10.9. The summed E-state index contributed by atoms with van der Waals surface area (Å²) in [4.78, 5) is 17.3. The van der Waals surface area contributed by atoms with Gasteiger partial charge in [-0.05, 0) is 43.7 Å². The van der Waals surface area contributed by atoms with E-state index in [2.05, 4.69) is 20.9 Å². The lowest BCUT2D eigenvalue weighted by Gasteiger charge is -2.12. The Morgan fingerprint density at radius 3 is 2.43 bits per heavy atom. The maximum absolute atomic E-state index is 11.9. The van der Waals surface area contributed by atoms with Gasteiger partial charge in [0.2, 0.25) is 0 Å². The lowest BCUT2D eigenvalue weighted by molar-refractivity contribution is 0.0925. The van der Waals surface area contributed by atoms with Crippen LogP contribution in [0.15, 0.2) is 50.9 Å². The molecule has 0 aliphatic carbocycles. The third kappa shape index (κ3) is 8.74. The second kappa shape index (κ2) is 13.7. The number of hydrogen-bond donors (Lipinski definition) is 3. The molecule has 9 heteroatoms. The summed E-state index contributed by atoms with van der Waals surface area (Å²) in [6, 6.07) is 9.59. The third-order valence-corrected chi connectivity index (χ3v) is 4.97. The average Bonchev–Trinajstić information content (AvgIpc) is 3.10. The number of furan rings is 1. The Bertz CT molecular complexity index is 753. The summed E-state index contributed by atoms with van der Waals surface area (Å²) in [5, 5.41) is 10.1. The van der Waals surface area contributed by atoms with E-state index in [-0.39, 0.29) is 29.9 Å². The Morgan fingerprint density at radius 1 is 1.11 bits per heavy atom. The molecule has 0 aliphatic rings. The van der Waals surface area contributed by atoms with E-state index in [0.717, 1.165) is 35.3 Å². The van der Waals surface area contributed by atoms with Crippen molar-refractivity contribution in [3.05, 3.63) is 52.9 Å². The molecule has 2 rings (SSSR count). The van der Waals surface area contributed by atoms with E-state index >= 15 is 0 Å². The highest BCUT2D eigenvalue weighted by Gasteiger charge is 2.11. The first-order valence-electron chi connectivity index (χ1n) is 8.75. The zero-order chi connectivity index (χ0) is 19.5. The molecule has 154 valence electrons. The molecule has 1 heterocycles. The van der Waals surface area contributed by atoms with Gasteiger partial charge in [0.05, 0.1) is 6.26 Å². The monoisotopic (exact) mass is 536 g/mol. The van der Waals surface area contributed by atoms with Gasteiger partial charge in [0.25, 0.3) is 5.91 Å². The molecule has 0 spiro atoms. The number of hydrogen-bond acceptors (Lipinski definition) is 4. The van der Waals surface area contributed by atoms with Crippen LogP contribution < -0.4 is 16.0 Å². The Kier molecular flexibility index (Phi) is 12.1. The zero-order valence-electron chi connectivity index (χ0n) is 16.0. The second-order valence-electron chi connectivity index (χ2n) is 5.77. The number of guanidine groups is 1. The fourth-order valence-corrected chi connectivity index (χ4v) is 3.17. The number of thioether (sulfide) groups is 1. The molecular weight excluding hydrogens is 511 g/mol. The largest absolute Gasteiger partial charge is 0.459 e. The van der Waals surface area contributed by atoms with Crippen LogP contribution in [0.25, 0.3) is 0 Å². The van der Waals surface area contributed by atoms with Crippen LogP contribution in [-0.4, -0.2) is 44.3 Å². The summed E-state index contributed by atoms with van der Waals surface area (Å²) in [5.41, 5.74) is 0.840. The molecule has 0 radical (unpaired) electrons. The first kappa shape index (κ1) is 24.6. The lowest BCUT2D eigenvalue weighted by atomic mass is 10.2. The minimum atomic E-state index is -0.181. The number of carbonyl (C=O) groups excluding carboxylic acids is 1. The molecule has 1 aromatic carbocycles. The first-order valence-corrected chi connectivity index (χ1v) is 10.1. The smallest absolute Gasteiger partial charge is 0.287 e. The molecule has 0 unspecified atom stereocenters. The van der Waals surface area contributed by atoms with Crippen molar-refractivity contribution in [2.75, 3.05) is 32.4 Å². The fraction of sp³-hybridized carbons (Fsp3) is 0.368. The summed E-state index contributed by atoms with van der Waals surface area (Å²) >= 11 is 7.64. The van der Waals surface area contributed by atoms with Crippen molar-refractivity contribution in [2.45, 2.75) is 18.2 Å². The highest BCUT2D eigenvalue weighted by atomic mass is 127. The first-order chi connectivity index (χ1) is 13.1. The van der Waals surface area contributed by atoms with E-state index in [9.17, 15) is 4.79 Å². The molecule has 0 bridgehead atoms. The summed E-state index contributed by atoms with van der Waals surface area (Å²) in [6.45, 7) is 3.92. The predicted octanol–water partition coefficient (Wildman–Crippen LogP) is 3.94. The summed E-state index contributed by atoms with van der Waals surface area (Å²) in [6.07, 6.45) is 2.30. The maximum atomic E-state index is 11.9. The van der Waals surface area contributed by atoms with Gasteiger partial charge in [-0.2, -0.15) is 0 Å². The third-order valence-electron chi connectivity index (χ3n) is 3.70. The van der Waals surface area contributed by atoms with Crippen LogP contribution in [0.2, 0.25) is 5.02 Å². The van der Waals surface area contributed by atoms with Gasteiger partial charge in [0, 0.05) is 47.9 Å². The molecule has 2 aromatic rings. The molecular formula is C19H26ClIN4O2S. The van der Waals surface area contributed by atoms with Crippen molar-refractivity contribution in [1.82, 2.24) is 16.0 Å². The molecule has 3 N–H and O–H groups in total. The Balaban J connectivity index is 0.00000392. The number of nitrogens with one attached hydrogen (secondary N) is 3. The van der Waals surface area contributed by atoms with Gasteiger partial charge in [-0.3, -0.25) is 9.79 Å². The van der Waals surface area contributed by atoms with Crippen LogP contribution in [0.3, 0.4) is 0 Å². The van der Waals surface area contributed by atoms with Crippen molar-refractivity contribution in [3.8, 4) is 0 Å². The van der Waals surface area contributed by atoms with Crippen LogP contribution in [0.4, 0.5) is 0 Å². The molecule has 1 amide bonds. The second-order valence-corrected chi connectivity index (χ2v) is 7.38. The van der Waals surface area contributed by atoms with Crippen LogP contribution >= 0.6 is 47.3 Å². The van der Waals surface area contributed by atoms with E-state index in [0.29, 0.717) is 18.8 Å². The van der Waals surface area contributed by atoms with Crippen LogP contribution in [0, 0.1) is 6.92 Å². The van der Waals surface area contributed by atoms with E-state index in [1.807, 2.05) is 31.2 Å². The molecule has 28 heavy (non-hydrogen) atoms. The van der Waals surface area contributed by atoms with Crippen LogP contribution in [-0.2, 0) is 0 Å². The van der Waals surface area contributed by atoms with Gasteiger partial charge in [0.1, 0.15) is 0 Å². The van der Waals surface area contributed by atoms with Crippen LogP contribution in [0.5, 0.6) is 0 Å². The number of halogens is 2. The quantitative estimate of drug-likeness (QED) is 0.149. The number of amides is 1. The Hall–Kier alpha value is -1.39. The van der Waals surface area contributed by atoms with E-state index in [1.165, 1.54) is 11.2 Å². The van der Waals surface area contributed by atoms with Gasteiger partial charge in [-0.1, -0.05) is 11.6 Å². The molecule has 0 saturated carbocycles. The van der Waals surface area contributed by atoms with Gasteiger partial charge < -0.3 is 20.4 Å². The molecule has 0 fully saturated rings. The number of carbonyl (C=O) groups is 1. The standard InChI is InChI=1S/C19H25ClN4O2S.HI/c1-14-8-12-26-17(14)18(25)22-9-3-10-23-19(21-2)24-11-13-27-16-6-4-15(20)5-7-16;/h4-8,12H,3,9-11,13H2,1-2H3,(H,22,25)(H2,21,23,24);1H. The van der Waals surface area contributed by atoms with E-state index < -0.39 is 0 Å². The predicted molar refractivity (Wildman–Crippen MR) is 127 cm³/mol. The molecule has 0 atom stereocenters. The van der Waals surface area contributed by atoms with E-state index in [4.69, 9.17) is 16.0 Å². The van der Waals surface area contributed by atoms with Crippen molar-refractivity contribution in [1.29, 1.82) is 0 Å². The Morgan fingerprint density at radius 2 is 1.79 bits per heavy atom. The molecule has 1 aromatic heterocycles. The SMILES string of the molecule is CN=C(NCCCNC(=O)c1occc1C)NCCSc1ccc(Cl)cc1.I.